The number of carboxylic acid groups (broad SMARTS) is 1. The van der Waals surface area contributed by atoms with Crippen LogP contribution in [0.5, 0.6) is 17.2 Å². The van der Waals surface area contributed by atoms with Gasteiger partial charge in [-0.25, -0.2) is 4.79 Å². The van der Waals surface area contributed by atoms with E-state index in [0.29, 0.717) is 22.8 Å². The second kappa shape index (κ2) is 11.5. The summed E-state index contributed by atoms with van der Waals surface area (Å²) in [6.45, 7) is 16.1. The van der Waals surface area contributed by atoms with Crippen LogP contribution in [0.25, 0.3) is 0 Å². The van der Waals surface area contributed by atoms with E-state index in [1.165, 1.54) is 0 Å². The van der Waals surface area contributed by atoms with Crippen molar-refractivity contribution in [2.75, 3.05) is 7.11 Å². The largest absolute Gasteiger partial charge is 0.541 e. The lowest BCUT2D eigenvalue weighted by Gasteiger charge is -2.37. The first-order valence-corrected chi connectivity index (χ1v) is 16.2. The summed E-state index contributed by atoms with van der Waals surface area (Å²) in [5, 5.41) is 14.1. The van der Waals surface area contributed by atoms with Gasteiger partial charge in [0, 0.05) is 12.0 Å². The summed E-state index contributed by atoms with van der Waals surface area (Å²) in [6.07, 6.45) is -0.629. The zero-order chi connectivity index (χ0) is 29.9. The van der Waals surface area contributed by atoms with E-state index in [4.69, 9.17) is 23.5 Å². The number of rotatable bonds is 10. The number of esters is 1. The first kappa shape index (κ1) is 31.0. The molecule has 1 N–H and O–H groups in total. The van der Waals surface area contributed by atoms with Gasteiger partial charge in [0.2, 0.25) is 5.60 Å². The summed E-state index contributed by atoms with van der Waals surface area (Å²) in [7, 11) is -0.759. The maximum absolute atomic E-state index is 12.6. The van der Waals surface area contributed by atoms with Crippen molar-refractivity contribution in [2.45, 2.75) is 90.3 Å². The lowest BCUT2D eigenvalue weighted by atomic mass is 9.90. The Morgan fingerprint density at radius 3 is 2.25 bits per heavy atom. The van der Waals surface area contributed by atoms with E-state index in [1.54, 1.807) is 40.0 Å². The molecule has 0 spiro atoms. The number of carboxylic acids is 1. The lowest BCUT2D eigenvalue weighted by Crippen LogP contribution is -2.44. The third-order valence-electron chi connectivity index (χ3n) is 7.03. The highest BCUT2D eigenvalue weighted by atomic mass is 28.4. The van der Waals surface area contributed by atoms with E-state index in [0.717, 1.165) is 11.3 Å². The molecule has 3 rings (SSSR count). The normalized spacial score (nSPS) is 17.5. The second-order valence-electron chi connectivity index (χ2n) is 12.5. The molecule has 0 aromatic heterocycles. The molecule has 2 aromatic carbocycles. The summed E-state index contributed by atoms with van der Waals surface area (Å²) in [5.74, 6) is -0.249. The Hall–Kier alpha value is -3.53. The van der Waals surface area contributed by atoms with E-state index in [9.17, 15) is 14.7 Å². The molecular formula is C30H41NO8Si. The van der Waals surface area contributed by atoms with Crippen molar-refractivity contribution < 1.29 is 38.2 Å². The second-order valence-corrected chi connectivity index (χ2v) is 17.2. The van der Waals surface area contributed by atoms with Crippen molar-refractivity contribution in [1.29, 1.82) is 0 Å². The average molecular weight is 572 g/mol. The monoisotopic (exact) mass is 571 g/mol. The number of oxime groups is 1. The van der Waals surface area contributed by atoms with Gasteiger partial charge in [-0.05, 0) is 68.7 Å². The van der Waals surface area contributed by atoms with Crippen LogP contribution in [0.3, 0.4) is 0 Å². The van der Waals surface area contributed by atoms with Gasteiger partial charge in [0.15, 0.2) is 11.5 Å². The maximum Gasteiger partial charge on any atom is 0.351 e. The van der Waals surface area contributed by atoms with Gasteiger partial charge in [-0.2, -0.15) is 0 Å². The van der Waals surface area contributed by atoms with Crippen LogP contribution in [0.1, 0.15) is 65.5 Å². The molecule has 9 nitrogen and oxygen atoms in total. The van der Waals surface area contributed by atoms with Crippen molar-refractivity contribution in [3.05, 3.63) is 53.6 Å². The fraction of sp³-hybridized carbons (Fsp3) is 0.500. The van der Waals surface area contributed by atoms with E-state index in [2.05, 4.69) is 39.0 Å². The summed E-state index contributed by atoms with van der Waals surface area (Å²) in [5.41, 5.74) is -0.794. The molecule has 1 aliphatic rings. The number of benzene rings is 2. The van der Waals surface area contributed by atoms with Crippen molar-refractivity contribution in [3.8, 4) is 17.2 Å². The topological polar surface area (TPSA) is 113 Å². The number of aliphatic carboxylic acids is 1. The summed E-state index contributed by atoms with van der Waals surface area (Å²) in [6, 6.07) is 13.0. The number of carbonyl (C=O) groups excluding carboxylic acids is 1. The molecule has 1 unspecified atom stereocenters. The molecule has 1 atom stereocenters. The molecule has 0 fully saturated rings. The van der Waals surface area contributed by atoms with Crippen LogP contribution in [0, 0.1) is 0 Å². The molecule has 10 heteroatoms. The van der Waals surface area contributed by atoms with E-state index in [1.807, 2.05) is 30.3 Å². The molecule has 1 aliphatic heterocycles. The highest BCUT2D eigenvalue weighted by molar-refractivity contribution is 6.74. The van der Waals surface area contributed by atoms with Crippen LogP contribution in [0.4, 0.5) is 0 Å². The predicted molar refractivity (Wildman–Crippen MR) is 155 cm³/mol. The highest BCUT2D eigenvalue weighted by Gasteiger charge is 2.50. The maximum atomic E-state index is 12.6. The first-order chi connectivity index (χ1) is 18.5. The molecule has 0 bridgehead atoms. The number of carbonyl (C=O) groups is 2. The van der Waals surface area contributed by atoms with Crippen molar-refractivity contribution in [2.24, 2.45) is 5.16 Å². The number of nitrogens with zero attached hydrogens (tertiary/aromatic N) is 1. The number of ether oxygens (including phenoxy) is 3. The van der Waals surface area contributed by atoms with Gasteiger partial charge in [0.1, 0.15) is 18.0 Å². The van der Waals surface area contributed by atoms with Gasteiger partial charge in [-0.3, -0.25) is 4.79 Å². The summed E-state index contributed by atoms with van der Waals surface area (Å²) >= 11 is 0. The van der Waals surface area contributed by atoms with Gasteiger partial charge in [-0.1, -0.05) is 44.1 Å². The molecule has 0 saturated heterocycles. The Morgan fingerprint density at radius 1 is 1.05 bits per heavy atom. The SMILES string of the molecule is COc1ccc(COc2cccc(C3=NOC(CC(=O)OC(C)(C)C)(C(=O)O)C3)c2O[Si](C)(C)C(C)(C)C)cc1. The molecule has 2 aromatic rings. The molecule has 1 heterocycles. The van der Waals surface area contributed by atoms with Crippen LogP contribution >= 0.6 is 0 Å². The fourth-order valence-electron chi connectivity index (χ4n) is 3.77. The minimum absolute atomic E-state index is 0.122. The lowest BCUT2D eigenvalue weighted by molar-refractivity contribution is -0.175. The van der Waals surface area contributed by atoms with Crippen LogP contribution < -0.4 is 13.9 Å². The molecule has 0 saturated carbocycles. The van der Waals surface area contributed by atoms with Gasteiger partial charge < -0.3 is 28.6 Å². The first-order valence-electron chi connectivity index (χ1n) is 13.2. The van der Waals surface area contributed by atoms with Crippen molar-refractivity contribution in [3.63, 3.8) is 0 Å². The number of hydrogen-bond acceptors (Lipinski definition) is 8. The standard InChI is InChI=1S/C30H41NO8Si/c1-28(2,3)37-25(32)18-30(27(33)34)17-23(31-39-30)22-11-10-12-24(26(22)38-40(8,9)29(4,5)6)36-19-20-13-15-21(35-7)16-14-20/h10-16H,17-19H2,1-9H3,(H,33,34). The van der Waals surface area contributed by atoms with Gasteiger partial charge in [-0.15, -0.1) is 0 Å². The molecule has 0 amide bonds. The minimum atomic E-state index is -2.37. The zero-order valence-electron chi connectivity index (χ0n) is 24.9. The summed E-state index contributed by atoms with van der Waals surface area (Å²) in [4.78, 5) is 30.4. The van der Waals surface area contributed by atoms with Gasteiger partial charge in [0.25, 0.3) is 8.32 Å². The number of hydrogen-bond donors (Lipinski definition) is 1. The van der Waals surface area contributed by atoms with Crippen molar-refractivity contribution >= 4 is 26.0 Å². The zero-order valence-corrected chi connectivity index (χ0v) is 25.9. The Labute approximate surface area is 237 Å². The fourth-order valence-corrected chi connectivity index (χ4v) is 4.80. The Bertz CT molecular complexity index is 1260. The van der Waals surface area contributed by atoms with Crippen molar-refractivity contribution in [1.82, 2.24) is 0 Å². The third-order valence-corrected chi connectivity index (χ3v) is 11.4. The molecule has 0 radical (unpaired) electrons. The Kier molecular flexibility index (Phi) is 8.93. The Morgan fingerprint density at radius 2 is 1.70 bits per heavy atom. The van der Waals surface area contributed by atoms with E-state index in [-0.39, 0.29) is 18.1 Å². The molecule has 0 aliphatic carbocycles. The molecule has 40 heavy (non-hydrogen) atoms. The quantitative estimate of drug-likeness (QED) is 0.260. The van der Waals surface area contributed by atoms with Crippen LogP contribution in [-0.4, -0.2) is 49.4 Å². The average Bonchev–Trinajstić information content (AvgIpc) is 3.26. The number of para-hydroxylation sites is 1. The van der Waals surface area contributed by atoms with Crippen LogP contribution in [0.15, 0.2) is 47.6 Å². The van der Waals surface area contributed by atoms with Gasteiger partial charge in [0.05, 0.1) is 19.2 Å². The van der Waals surface area contributed by atoms with E-state index < -0.39 is 37.9 Å². The number of methoxy groups -OCH3 is 1. The predicted octanol–water partition coefficient (Wildman–Crippen LogP) is 6.34. The smallest absolute Gasteiger partial charge is 0.351 e. The third kappa shape index (κ3) is 7.35. The molecule has 218 valence electrons. The molecular weight excluding hydrogens is 530 g/mol. The Balaban J connectivity index is 1.96. The van der Waals surface area contributed by atoms with Crippen LogP contribution in [-0.2, 0) is 25.8 Å². The van der Waals surface area contributed by atoms with Gasteiger partial charge >= 0.3 is 11.9 Å². The minimum Gasteiger partial charge on any atom is -0.541 e. The van der Waals surface area contributed by atoms with E-state index >= 15 is 0 Å². The van der Waals surface area contributed by atoms with Crippen LogP contribution in [0.2, 0.25) is 18.1 Å². The summed E-state index contributed by atoms with van der Waals surface area (Å²) < 4.78 is 23.6. The highest BCUT2D eigenvalue weighted by Crippen LogP contribution is 2.43.